The van der Waals surface area contributed by atoms with E-state index in [1.807, 2.05) is 37.3 Å². The first-order chi connectivity index (χ1) is 12.5. The van der Waals surface area contributed by atoms with E-state index in [2.05, 4.69) is 4.90 Å². The van der Waals surface area contributed by atoms with Crippen molar-refractivity contribution in [1.82, 2.24) is 4.90 Å². The number of nitrogens with zero attached hydrogens (tertiary/aromatic N) is 1. The second-order valence-electron chi connectivity index (χ2n) is 7.28. The van der Waals surface area contributed by atoms with Gasteiger partial charge in [0.2, 0.25) is 0 Å². The summed E-state index contributed by atoms with van der Waals surface area (Å²) in [6, 6.07) is 13.2. The van der Waals surface area contributed by atoms with E-state index in [0.29, 0.717) is 18.1 Å². The van der Waals surface area contributed by atoms with Crippen molar-refractivity contribution in [3.8, 4) is 0 Å². The third kappa shape index (κ3) is 3.51. The van der Waals surface area contributed by atoms with Gasteiger partial charge >= 0.3 is 0 Å². The van der Waals surface area contributed by atoms with Gasteiger partial charge in [-0.25, -0.2) is 8.42 Å². The molecule has 2 aromatic carbocycles. The molecule has 4 rings (SSSR count). The Morgan fingerprint density at radius 3 is 2.38 bits per heavy atom. The standard InChI is InChI=1S/C20H25NO4S/c1-16(21-10-8-20(9-11-21)24-12-13-25-20)15-26(22,23)19-7-6-17-4-2-3-5-18(17)14-19/h2-7,14,16H,8-13,15H2,1H3/t16-/m1/s1. The maximum Gasteiger partial charge on any atom is 0.179 e. The molecule has 26 heavy (non-hydrogen) atoms. The van der Waals surface area contributed by atoms with Gasteiger partial charge in [-0.05, 0) is 29.8 Å². The van der Waals surface area contributed by atoms with Gasteiger partial charge < -0.3 is 9.47 Å². The molecule has 0 aliphatic carbocycles. The van der Waals surface area contributed by atoms with E-state index in [4.69, 9.17) is 9.47 Å². The summed E-state index contributed by atoms with van der Waals surface area (Å²) in [6.07, 6.45) is 1.60. The quantitative estimate of drug-likeness (QED) is 0.822. The third-order valence-corrected chi connectivity index (χ3v) is 7.43. The Morgan fingerprint density at radius 1 is 1.04 bits per heavy atom. The number of fused-ring (bicyclic) bond motifs is 1. The van der Waals surface area contributed by atoms with Crippen LogP contribution in [0.25, 0.3) is 10.8 Å². The van der Waals surface area contributed by atoms with Crippen molar-refractivity contribution in [3.05, 3.63) is 42.5 Å². The Morgan fingerprint density at radius 2 is 1.69 bits per heavy atom. The van der Waals surface area contributed by atoms with Crippen molar-refractivity contribution in [3.63, 3.8) is 0 Å². The molecule has 0 unspecified atom stereocenters. The molecule has 140 valence electrons. The summed E-state index contributed by atoms with van der Waals surface area (Å²) in [4.78, 5) is 2.63. The summed E-state index contributed by atoms with van der Waals surface area (Å²) in [5.41, 5.74) is 0. The smallest absolute Gasteiger partial charge is 0.179 e. The zero-order valence-electron chi connectivity index (χ0n) is 15.1. The molecule has 1 spiro atoms. The van der Waals surface area contributed by atoms with Gasteiger partial charge in [-0.3, -0.25) is 4.90 Å². The van der Waals surface area contributed by atoms with Crippen LogP contribution in [0.2, 0.25) is 0 Å². The van der Waals surface area contributed by atoms with Crippen LogP contribution in [-0.2, 0) is 19.3 Å². The molecule has 2 aliphatic rings. The predicted molar refractivity (Wildman–Crippen MR) is 101 cm³/mol. The van der Waals surface area contributed by atoms with Gasteiger partial charge in [-0.2, -0.15) is 0 Å². The van der Waals surface area contributed by atoms with E-state index in [1.54, 1.807) is 12.1 Å². The highest BCUT2D eigenvalue weighted by molar-refractivity contribution is 7.91. The van der Waals surface area contributed by atoms with Crippen LogP contribution in [-0.4, -0.2) is 57.2 Å². The Bertz CT molecular complexity index is 880. The Kier molecular flexibility index (Phi) is 4.77. The monoisotopic (exact) mass is 375 g/mol. The Labute approximate surface area is 154 Å². The average Bonchev–Trinajstić information content (AvgIpc) is 3.09. The highest BCUT2D eigenvalue weighted by Crippen LogP contribution is 2.32. The summed E-state index contributed by atoms with van der Waals surface area (Å²) in [5, 5.41) is 2.01. The van der Waals surface area contributed by atoms with Crippen molar-refractivity contribution in [1.29, 1.82) is 0 Å². The van der Waals surface area contributed by atoms with E-state index in [-0.39, 0.29) is 11.8 Å². The van der Waals surface area contributed by atoms with Gasteiger partial charge in [0.25, 0.3) is 0 Å². The lowest BCUT2D eigenvalue weighted by Crippen LogP contribution is -2.49. The molecule has 2 fully saturated rings. The topological polar surface area (TPSA) is 55.8 Å². The van der Waals surface area contributed by atoms with Gasteiger partial charge in [0.1, 0.15) is 0 Å². The minimum absolute atomic E-state index is 0.0368. The molecule has 2 aliphatic heterocycles. The number of ether oxygens (including phenoxy) is 2. The molecule has 0 amide bonds. The first kappa shape index (κ1) is 17.9. The fourth-order valence-electron chi connectivity index (χ4n) is 3.97. The minimum atomic E-state index is -3.33. The third-order valence-electron chi connectivity index (χ3n) is 5.54. The average molecular weight is 375 g/mol. The van der Waals surface area contributed by atoms with Crippen molar-refractivity contribution in [2.45, 2.75) is 36.5 Å². The fourth-order valence-corrected chi connectivity index (χ4v) is 5.59. The second kappa shape index (κ2) is 6.93. The van der Waals surface area contributed by atoms with Crippen LogP contribution in [0, 0.1) is 0 Å². The van der Waals surface area contributed by atoms with Gasteiger partial charge in [-0.15, -0.1) is 0 Å². The molecular formula is C20H25NO4S. The molecule has 2 heterocycles. The number of benzene rings is 2. The zero-order valence-corrected chi connectivity index (χ0v) is 15.9. The van der Waals surface area contributed by atoms with Crippen LogP contribution in [0.5, 0.6) is 0 Å². The summed E-state index contributed by atoms with van der Waals surface area (Å²) >= 11 is 0. The maximum absolute atomic E-state index is 12.9. The van der Waals surface area contributed by atoms with Gasteiger partial charge in [0, 0.05) is 32.0 Å². The lowest BCUT2D eigenvalue weighted by molar-refractivity contribution is -0.187. The number of hydrogen-bond donors (Lipinski definition) is 0. The predicted octanol–water partition coefficient (Wildman–Crippen LogP) is 2.84. The fraction of sp³-hybridized carbons (Fsp3) is 0.500. The molecule has 0 radical (unpaired) electrons. The summed E-state index contributed by atoms with van der Waals surface area (Å²) in [7, 11) is -3.33. The number of rotatable bonds is 4. The van der Waals surface area contributed by atoms with E-state index in [9.17, 15) is 8.42 Å². The normalized spacial score (nSPS) is 22.0. The Hall–Kier alpha value is -1.47. The molecule has 1 atom stereocenters. The van der Waals surface area contributed by atoms with E-state index in [1.165, 1.54) is 0 Å². The second-order valence-corrected chi connectivity index (χ2v) is 9.32. The number of sulfone groups is 1. The summed E-state index contributed by atoms with van der Waals surface area (Å²) in [6.45, 7) is 4.91. The first-order valence-corrected chi connectivity index (χ1v) is 10.9. The van der Waals surface area contributed by atoms with Crippen molar-refractivity contribution >= 4 is 20.6 Å². The zero-order chi connectivity index (χ0) is 18.2. The SMILES string of the molecule is C[C@H](CS(=O)(=O)c1ccc2ccccc2c1)N1CCC2(CC1)OCCO2. The van der Waals surface area contributed by atoms with Crippen LogP contribution in [0.15, 0.2) is 47.4 Å². The lowest BCUT2D eigenvalue weighted by Gasteiger charge is -2.40. The molecule has 0 saturated carbocycles. The molecule has 2 aromatic rings. The van der Waals surface area contributed by atoms with Gasteiger partial charge in [0.05, 0.1) is 23.9 Å². The number of hydrogen-bond acceptors (Lipinski definition) is 5. The molecule has 5 nitrogen and oxygen atoms in total. The Balaban J connectivity index is 1.45. The minimum Gasteiger partial charge on any atom is -0.347 e. The van der Waals surface area contributed by atoms with Crippen LogP contribution < -0.4 is 0 Å². The van der Waals surface area contributed by atoms with Crippen LogP contribution >= 0.6 is 0 Å². The first-order valence-electron chi connectivity index (χ1n) is 9.21. The molecule has 0 aromatic heterocycles. The van der Waals surface area contributed by atoms with Gasteiger partial charge in [-0.1, -0.05) is 30.3 Å². The highest BCUT2D eigenvalue weighted by Gasteiger charge is 2.41. The summed E-state index contributed by atoms with van der Waals surface area (Å²) in [5.74, 6) is -0.298. The van der Waals surface area contributed by atoms with Crippen molar-refractivity contribution < 1.29 is 17.9 Å². The maximum atomic E-state index is 12.9. The van der Waals surface area contributed by atoms with Crippen LogP contribution in [0.3, 0.4) is 0 Å². The van der Waals surface area contributed by atoms with Crippen LogP contribution in [0.4, 0.5) is 0 Å². The van der Waals surface area contributed by atoms with E-state index < -0.39 is 15.6 Å². The molecular weight excluding hydrogens is 350 g/mol. The highest BCUT2D eigenvalue weighted by atomic mass is 32.2. The molecule has 0 N–H and O–H groups in total. The van der Waals surface area contributed by atoms with Gasteiger partial charge in [0.15, 0.2) is 15.6 Å². The van der Waals surface area contributed by atoms with E-state index in [0.717, 1.165) is 36.7 Å². The van der Waals surface area contributed by atoms with E-state index >= 15 is 0 Å². The molecule has 0 bridgehead atoms. The number of piperidine rings is 1. The molecule has 2 saturated heterocycles. The van der Waals surface area contributed by atoms with Crippen LogP contribution in [0.1, 0.15) is 19.8 Å². The lowest BCUT2D eigenvalue weighted by atomic mass is 10.0. The van der Waals surface area contributed by atoms with Crippen molar-refractivity contribution in [2.75, 3.05) is 32.1 Å². The largest absolute Gasteiger partial charge is 0.347 e. The summed E-state index contributed by atoms with van der Waals surface area (Å²) < 4.78 is 37.3. The van der Waals surface area contributed by atoms with Crippen molar-refractivity contribution in [2.24, 2.45) is 0 Å². The molecule has 6 heteroatoms. The number of likely N-dealkylation sites (tertiary alicyclic amines) is 1.